The third-order valence-electron chi connectivity index (χ3n) is 6.47. The fourth-order valence-electron chi connectivity index (χ4n) is 4.74. The maximum Gasteiger partial charge on any atom is 0.122 e. The lowest BCUT2D eigenvalue weighted by Crippen LogP contribution is -2.52. The highest BCUT2D eigenvalue weighted by Gasteiger charge is 2.45. The number of hydrogen-bond donors (Lipinski definition) is 0. The molecule has 3 aromatic carbocycles. The molecule has 0 N–H and O–H groups in total. The number of aliphatic imine (C=N–C) groups is 1. The van der Waals surface area contributed by atoms with Gasteiger partial charge in [-0.25, -0.2) is 0 Å². The molecule has 0 fully saturated rings. The number of hydrogen-bond acceptors (Lipinski definition) is 2. The Morgan fingerprint density at radius 2 is 1.30 bits per heavy atom. The van der Waals surface area contributed by atoms with Gasteiger partial charge in [0.05, 0.1) is 0 Å². The predicted molar refractivity (Wildman–Crippen MR) is 139 cm³/mol. The summed E-state index contributed by atoms with van der Waals surface area (Å²) < 4.78 is 0. The van der Waals surface area contributed by atoms with Crippen LogP contribution in [0.1, 0.15) is 37.0 Å². The molecule has 0 saturated carbocycles. The molecule has 4 rings (SSSR count). The van der Waals surface area contributed by atoms with Gasteiger partial charge in [0.25, 0.3) is 0 Å². The molecule has 1 unspecified atom stereocenters. The van der Waals surface area contributed by atoms with Crippen molar-refractivity contribution in [2.45, 2.75) is 31.8 Å². The van der Waals surface area contributed by atoms with Crippen molar-refractivity contribution in [3.8, 4) is 0 Å². The van der Waals surface area contributed by atoms with Crippen LogP contribution in [0.2, 0.25) is 0 Å². The van der Waals surface area contributed by atoms with Gasteiger partial charge in [-0.05, 0) is 36.6 Å². The third kappa shape index (κ3) is 4.23. The van der Waals surface area contributed by atoms with Gasteiger partial charge < -0.3 is 9.80 Å². The van der Waals surface area contributed by atoms with Crippen LogP contribution >= 0.6 is 0 Å². The van der Waals surface area contributed by atoms with E-state index in [9.17, 15) is 0 Å². The van der Waals surface area contributed by atoms with Crippen molar-refractivity contribution < 1.29 is 0 Å². The summed E-state index contributed by atoms with van der Waals surface area (Å²) >= 11 is 0. The lowest BCUT2D eigenvalue weighted by atomic mass is 9.74. The number of nitrogens with zero attached hydrogens (tertiary/aromatic N) is 3. The van der Waals surface area contributed by atoms with E-state index >= 15 is 0 Å². The minimum absolute atomic E-state index is 0.308. The molecule has 0 bridgehead atoms. The van der Waals surface area contributed by atoms with Crippen molar-refractivity contribution in [2.75, 3.05) is 13.6 Å². The van der Waals surface area contributed by atoms with Gasteiger partial charge in [-0.15, -0.1) is 0 Å². The summed E-state index contributed by atoms with van der Waals surface area (Å²) in [6.07, 6.45) is 5.07. The molecule has 1 atom stereocenters. The van der Waals surface area contributed by atoms with E-state index < -0.39 is 5.54 Å². The van der Waals surface area contributed by atoms with Crippen LogP contribution in [0.25, 0.3) is 0 Å². The molecule has 0 saturated heterocycles. The Hall–Kier alpha value is -3.59. The zero-order valence-corrected chi connectivity index (χ0v) is 19.9. The number of allylic oxidation sites excluding steroid dienone is 1. The second-order valence-electron chi connectivity index (χ2n) is 8.56. The van der Waals surface area contributed by atoms with Gasteiger partial charge in [-0.1, -0.05) is 97.6 Å². The first-order valence-electron chi connectivity index (χ1n) is 11.7. The van der Waals surface area contributed by atoms with Crippen LogP contribution in [0.4, 0.5) is 0 Å². The zero-order valence-electron chi connectivity index (χ0n) is 19.9. The SMILES string of the molecule is C=C1/C=C\N(C)C(C)CC(=NCC)N1C(c1ccccc1)(c1ccccc1)c1ccccc1. The Balaban J connectivity index is 2.12. The van der Waals surface area contributed by atoms with Crippen molar-refractivity contribution in [2.24, 2.45) is 4.99 Å². The van der Waals surface area contributed by atoms with Crippen LogP contribution in [0.5, 0.6) is 0 Å². The highest BCUT2D eigenvalue weighted by molar-refractivity contribution is 5.87. The average molecular weight is 436 g/mol. The van der Waals surface area contributed by atoms with E-state index in [1.807, 2.05) is 0 Å². The molecule has 0 aromatic heterocycles. The second kappa shape index (κ2) is 9.91. The van der Waals surface area contributed by atoms with Gasteiger partial charge in [-0.3, -0.25) is 4.99 Å². The molecule has 3 nitrogen and oxygen atoms in total. The van der Waals surface area contributed by atoms with E-state index in [1.165, 1.54) is 16.7 Å². The fourth-order valence-corrected chi connectivity index (χ4v) is 4.74. The fraction of sp³-hybridized carbons (Fsp3) is 0.233. The highest BCUT2D eigenvalue weighted by atomic mass is 15.3. The smallest absolute Gasteiger partial charge is 0.122 e. The van der Waals surface area contributed by atoms with Gasteiger partial charge in [0, 0.05) is 38.0 Å². The van der Waals surface area contributed by atoms with Gasteiger partial charge in [0.1, 0.15) is 11.4 Å². The minimum Gasteiger partial charge on any atom is -0.377 e. The number of rotatable bonds is 5. The van der Waals surface area contributed by atoms with Crippen LogP contribution < -0.4 is 0 Å². The standard InChI is InChI=1S/C30H33N3/c1-5-31-29-23-25(3)32(4)22-21-24(2)33(29)30(26-15-9-6-10-16-26,27-17-11-7-12-18-27)28-19-13-8-14-20-28/h6-22,25H,2,5,23H2,1,3-4H3/b22-21-,31-29?. The third-order valence-corrected chi connectivity index (χ3v) is 6.47. The molecule has 0 radical (unpaired) electrons. The lowest BCUT2D eigenvalue weighted by Gasteiger charge is -2.48. The maximum atomic E-state index is 5.07. The van der Waals surface area contributed by atoms with Gasteiger partial charge in [0.15, 0.2) is 0 Å². The Kier molecular flexibility index (Phi) is 6.79. The summed E-state index contributed by atoms with van der Waals surface area (Å²) in [5, 5.41) is 0. The first-order valence-corrected chi connectivity index (χ1v) is 11.7. The Labute approximate surface area is 198 Å². The molecule has 3 aromatic rings. The zero-order chi connectivity index (χ0) is 23.3. The number of amidine groups is 1. The summed E-state index contributed by atoms with van der Waals surface area (Å²) in [6, 6.07) is 32.5. The maximum absolute atomic E-state index is 5.07. The highest BCUT2D eigenvalue weighted by Crippen LogP contribution is 2.45. The monoisotopic (exact) mass is 435 g/mol. The molecule has 33 heavy (non-hydrogen) atoms. The Morgan fingerprint density at radius 1 is 0.848 bits per heavy atom. The van der Waals surface area contributed by atoms with Gasteiger partial charge >= 0.3 is 0 Å². The molecule has 0 amide bonds. The van der Waals surface area contributed by atoms with E-state index in [0.717, 1.165) is 18.0 Å². The first kappa shape index (κ1) is 22.6. The molecule has 1 aliphatic heterocycles. The van der Waals surface area contributed by atoms with Gasteiger partial charge in [0.2, 0.25) is 0 Å². The lowest BCUT2D eigenvalue weighted by molar-refractivity contribution is 0.294. The number of benzene rings is 3. The average Bonchev–Trinajstić information content (AvgIpc) is 2.86. The summed E-state index contributed by atoms with van der Waals surface area (Å²) in [7, 11) is 2.12. The van der Waals surface area contributed by atoms with Crippen LogP contribution in [-0.4, -0.2) is 35.3 Å². The van der Waals surface area contributed by atoms with Crippen LogP contribution in [0.15, 0.2) is 121 Å². The first-order chi connectivity index (χ1) is 16.1. The largest absolute Gasteiger partial charge is 0.377 e. The van der Waals surface area contributed by atoms with E-state index in [0.29, 0.717) is 12.6 Å². The molecule has 168 valence electrons. The van der Waals surface area contributed by atoms with Crippen molar-refractivity contribution in [1.82, 2.24) is 9.80 Å². The minimum atomic E-state index is -0.616. The van der Waals surface area contributed by atoms with E-state index in [1.54, 1.807) is 0 Å². The molecule has 0 spiro atoms. The van der Waals surface area contributed by atoms with Crippen molar-refractivity contribution in [3.63, 3.8) is 0 Å². The summed E-state index contributed by atoms with van der Waals surface area (Å²) in [6.45, 7) is 9.63. The molecule has 1 heterocycles. The summed E-state index contributed by atoms with van der Waals surface area (Å²) in [4.78, 5) is 9.68. The normalized spacial score (nSPS) is 19.3. The van der Waals surface area contributed by atoms with Crippen LogP contribution in [-0.2, 0) is 5.54 Å². The van der Waals surface area contributed by atoms with Crippen molar-refractivity contribution >= 4 is 5.84 Å². The van der Waals surface area contributed by atoms with E-state index in [2.05, 4.69) is 141 Å². The summed E-state index contributed by atoms with van der Waals surface area (Å²) in [5.74, 6) is 1.04. The molecule has 1 aliphatic rings. The molecule has 3 heteroatoms. The van der Waals surface area contributed by atoms with Crippen molar-refractivity contribution in [3.05, 3.63) is 132 Å². The quantitative estimate of drug-likeness (QED) is 0.429. The van der Waals surface area contributed by atoms with E-state index in [4.69, 9.17) is 4.99 Å². The predicted octanol–water partition coefficient (Wildman–Crippen LogP) is 6.45. The topological polar surface area (TPSA) is 18.8 Å². The summed E-state index contributed by atoms with van der Waals surface area (Å²) in [5.41, 5.74) is 3.85. The molecule has 0 aliphatic carbocycles. The van der Waals surface area contributed by atoms with Crippen molar-refractivity contribution in [1.29, 1.82) is 0 Å². The van der Waals surface area contributed by atoms with Gasteiger partial charge in [-0.2, -0.15) is 0 Å². The van der Waals surface area contributed by atoms with E-state index in [-0.39, 0.29) is 0 Å². The van der Waals surface area contributed by atoms with Crippen LogP contribution in [0.3, 0.4) is 0 Å². The molecular formula is C30H33N3. The Bertz CT molecular complexity index is 1020. The second-order valence-corrected chi connectivity index (χ2v) is 8.56. The van der Waals surface area contributed by atoms with Crippen LogP contribution in [0, 0.1) is 0 Å². The molecular weight excluding hydrogens is 402 g/mol. The Morgan fingerprint density at radius 3 is 1.73 bits per heavy atom.